The Bertz CT molecular complexity index is 518. The second-order valence-electron chi connectivity index (χ2n) is 7.43. The number of rotatable bonds is 3. The Morgan fingerprint density at radius 1 is 1.24 bits per heavy atom. The Balaban J connectivity index is 2.05. The van der Waals surface area contributed by atoms with Gasteiger partial charge < -0.3 is 10.1 Å². The van der Waals surface area contributed by atoms with Crippen LogP contribution in [0.5, 0.6) is 0 Å². The van der Waals surface area contributed by atoms with Crippen LogP contribution in [-0.4, -0.2) is 23.6 Å². The predicted octanol–water partition coefficient (Wildman–Crippen LogP) is 3.12. The lowest BCUT2D eigenvalue weighted by atomic mass is 9.80. The Hall–Kier alpha value is -1.00. The summed E-state index contributed by atoms with van der Waals surface area (Å²) in [7, 11) is 1.77. The fourth-order valence-electron chi connectivity index (χ4n) is 3.37. The Morgan fingerprint density at radius 2 is 2.00 bits per heavy atom. The summed E-state index contributed by atoms with van der Waals surface area (Å²) in [6.07, 6.45) is 4.84. The highest BCUT2D eigenvalue weighted by Gasteiger charge is 2.33. The van der Waals surface area contributed by atoms with Crippen LogP contribution in [0.3, 0.4) is 0 Å². The zero-order chi connectivity index (χ0) is 15.0. The fraction of sp³-hybridized carbons (Fsp3) is 0.765. The third-order valence-electron chi connectivity index (χ3n) is 4.73. The van der Waals surface area contributed by atoms with Crippen LogP contribution in [-0.2, 0) is 17.7 Å². The maximum absolute atomic E-state index is 5.74. The van der Waals surface area contributed by atoms with E-state index >= 15 is 0 Å². The summed E-state index contributed by atoms with van der Waals surface area (Å²) < 4.78 is 5.74. The van der Waals surface area contributed by atoms with E-state index in [2.05, 4.69) is 26.1 Å². The maximum Gasteiger partial charge on any atom is 0.158 e. The first-order valence-electron chi connectivity index (χ1n) is 8.14. The number of aromatic nitrogens is 2. The number of fused-ring (bicyclic) bond motifs is 1. The van der Waals surface area contributed by atoms with Gasteiger partial charge in [0.1, 0.15) is 6.10 Å². The molecule has 2 heterocycles. The van der Waals surface area contributed by atoms with Gasteiger partial charge in [-0.1, -0.05) is 27.2 Å². The molecule has 0 bridgehead atoms. The van der Waals surface area contributed by atoms with Crippen molar-refractivity contribution in [3.8, 4) is 0 Å². The lowest BCUT2D eigenvalue weighted by molar-refractivity contribution is 0.00814. The van der Waals surface area contributed by atoms with Crippen LogP contribution in [0.2, 0.25) is 0 Å². The summed E-state index contributed by atoms with van der Waals surface area (Å²) in [5.74, 6) is 1.52. The van der Waals surface area contributed by atoms with E-state index in [9.17, 15) is 0 Å². The summed E-state index contributed by atoms with van der Waals surface area (Å²) >= 11 is 0. The van der Waals surface area contributed by atoms with Crippen molar-refractivity contribution in [3.63, 3.8) is 0 Å². The third-order valence-corrected chi connectivity index (χ3v) is 4.73. The van der Waals surface area contributed by atoms with Crippen LogP contribution < -0.4 is 5.32 Å². The van der Waals surface area contributed by atoms with Crippen molar-refractivity contribution in [3.05, 3.63) is 22.8 Å². The smallest absolute Gasteiger partial charge is 0.158 e. The predicted molar refractivity (Wildman–Crippen MR) is 83.2 cm³/mol. The van der Waals surface area contributed by atoms with Crippen LogP contribution in [0.4, 0.5) is 0 Å². The van der Waals surface area contributed by atoms with Gasteiger partial charge in [0.2, 0.25) is 0 Å². The van der Waals surface area contributed by atoms with Crippen LogP contribution in [0.15, 0.2) is 0 Å². The van der Waals surface area contributed by atoms with Gasteiger partial charge in [-0.2, -0.15) is 0 Å². The molecule has 1 N–H and O–H groups in total. The molecule has 1 atom stereocenters. The number of hydrogen-bond acceptors (Lipinski definition) is 4. The Morgan fingerprint density at radius 3 is 2.57 bits per heavy atom. The summed E-state index contributed by atoms with van der Waals surface area (Å²) in [5, 5.41) is 3.47. The molecule has 2 aliphatic rings. The number of methoxy groups -OCH3 is 1. The topological polar surface area (TPSA) is 47.0 Å². The van der Waals surface area contributed by atoms with Crippen molar-refractivity contribution in [2.45, 2.75) is 65.0 Å². The van der Waals surface area contributed by atoms with Crippen molar-refractivity contribution < 1.29 is 4.74 Å². The van der Waals surface area contributed by atoms with Crippen LogP contribution in [0, 0.1) is 5.41 Å². The monoisotopic (exact) mass is 289 g/mol. The molecule has 1 fully saturated rings. The lowest BCUT2D eigenvalue weighted by Crippen LogP contribution is -2.31. The number of hydrogen-bond donors (Lipinski definition) is 1. The first kappa shape index (κ1) is 14.9. The molecule has 4 nitrogen and oxygen atoms in total. The molecule has 1 aliphatic carbocycles. The molecule has 0 spiro atoms. The first-order valence-corrected chi connectivity index (χ1v) is 8.14. The number of ether oxygens (including phenoxy) is 1. The molecule has 4 heteroatoms. The van der Waals surface area contributed by atoms with E-state index < -0.39 is 0 Å². The van der Waals surface area contributed by atoms with Crippen LogP contribution in [0.1, 0.15) is 74.8 Å². The van der Waals surface area contributed by atoms with Crippen molar-refractivity contribution in [2.75, 3.05) is 13.7 Å². The minimum atomic E-state index is -0.0449. The average Bonchev–Trinajstić information content (AvgIpc) is 2.36. The van der Waals surface area contributed by atoms with Crippen LogP contribution >= 0.6 is 0 Å². The van der Waals surface area contributed by atoms with E-state index in [1.807, 2.05) is 0 Å². The summed E-state index contributed by atoms with van der Waals surface area (Å²) in [5.41, 5.74) is 3.90. The van der Waals surface area contributed by atoms with E-state index in [-0.39, 0.29) is 11.5 Å². The van der Waals surface area contributed by atoms with E-state index in [1.54, 1.807) is 7.11 Å². The first-order chi connectivity index (χ1) is 10.0. The SMILES string of the molecule is COC(c1nc2c(c(C3CCC3)n1)CNCC2)C(C)(C)C. The molecule has 1 unspecified atom stereocenters. The zero-order valence-electron chi connectivity index (χ0n) is 13.7. The summed E-state index contributed by atoms with van der Waals surface area (Å²) in [6.45, 7) is 8.51. The molecular weight excluding hydrogens is 262 g/mol. The normalized spacial score (nSPS) is 20.8. The highest BCUT2D eigenvalue weighted by Crippen LogP contribution is 2.40. The van der Waals surface area contributed by atoms with Gasteiger partial charge in [-0.3, -0.25) is 0 Å². The molecule has 21 heavy (non-hydrogen) atoms. The van der Waals surface area contributed by atoms with Crippen molar-refractivity contribution in [1.29, 1.82) is 0 Å². The lowest BCUT2D eigenvalue weighted by Gasteiger charge is -2.33. The molecule has 3 rings (SSSR count). The quantitative estimate of drug-likeness (QED) is 0.928. The molecule has 0 saturated heterocycles. The molecular formula is C17H27N3O. The van der Waals surface area contributed by atoms with Crippen molar-refractivity contribution >= 4 is 0 Å². The molecule has 1 saturated carbocycles. The minimum absolute atomic E-state index is 0.00673. The molecule has 1 aromatic rings. The van der Waals surface area contributed by atoms with Gasteiger partial charge >= 0.3 is 0 Å². The maximum atomic E-state index is 5.74. The van der Waals surface area contributed by atoms with E-state index in [1.165, 1.54) is 36.2 Å². The number of nitrogens with one attached hydrogen (secondary N) is 1. The zero-order valence-corrected chi connectivity index (χ0v) is 13.7. The molecule has 1 aromatic heterocycles. The largest absolute Gasteiger partial charge is 0.373 e. The van der Waals surface area contributed by atoms with E-state index in [0.29, 0.717) is 5.92 Å². The minimum Gasteiger partial charge on any atom is -0.373 e. The van der Waals surface area contributed by atoms with Gasteiger partial charge in [0.25, 0.3) is 0 Å². The average molecular weight is 289 g/mol. The Kier molecular flexibility index (Phi) is 4.02. The molecule has 0 radical (unpaired) electrons. The molecule has 0 aromatic carbocycles. The Labute approximate surface area is 127 Å². The molecule has 116 valence electrons. The standard InChI is InChI=1S/C17H27N3O/c1-17(2,3)15(21-4)16-19-13-8-9-18-10-12(13)14(20-16)11-6-5-7-11/h11,15,18H,5-10H2,1-4H3. The second-order valence-corrected chi connectivity index (χ2v) is 7.43. The number of nitrogens with zero attached hydrogens (tertiary/aromatic N) is 2. The molecule has 1 aliphatic heterocycles. The second kappa shape index (κ2) is 5.65. The van der Waals surface area contributed by atoms with Gasteiger partial charge in [-0.05, 0) is 18.3 Å². The highest BCUT2D eigenvalue weighted by molar-refractivity contribution is 5.32. The van der Waals surface area contributed by atoms with Crippen LogP contribution in [0.25, 0.3) is 0 Å². The fourth-order valence-corrected chi connectivity index (χ4v) is 3.37. The summed E-state index contributed by atoms with van der Waals surface area (Å²) in [6, 6.07) is 0. The van der Waals surface area contributed by atoms with Gasteiger partial charge in [0.15, 0.2) is 5.82 Å². The van der Waals surface area contributed by atoms with Gasteiger partial charge in [0.05, 0.1) is 11.4 Å². The molecule has 0 amide bonds. The highest BCUT2D eigenvalue weighted by atomic mass is 16.5. The third kappa shape index (κ3) is 2.84. The van der Waals surface area contributed by atoms with Crippen molar-refractivity contribution in [2.24, 2.45) is 5.41 Å². The van der Waals surface area contributed by atoms with E-state index in [4.69, 9.17) is 14.7 Å². The van der Waals surface area contributed by atoms with Gasteiger partial charge in [0, 0.05) is 38.1 Å². The van der Waals surface area contributed by atoms with Gasteiger partial charge in [-0.15, -0.1) is 0 Å². The summed E-state index contributed by atoms with van der Waals surface area (Å²) in [4.78, 5) is 9.85. The van der Waals surface area contributed by atoms with E-state index in [0.717, 1.165) is 25.3 Å². The van der Waals surface area contributed by atoms with Gasteiger partial charge in [-0.25, -0.2) is 9.97 Å². The van der Waals surface area contributed by atoms with Crippen molar-refractivity contribution in [1.82, 2.24) is 15.3 Å².